The molecule has 0 aliphatic rings. The van der Waals surface area contributed by atoms with Crippen LogP contribution >= 0.6 is 15.9 Å². The molecule has 0 fully saturated rings. The molecule has 0 saturated heterocycles. The van der Waals surface area contributed by atoms with Crippen LogP contribution in [0.4, 0.5) is 0 Å². The highest BCUT2D eigenvalue weighted by Crippen LogP contribution is 2.10. The molecule has 0 saturated carbocycles. The third-order valence-electron chi connectivity index (χ3n) is 2.34. The summed E-state index contributed by atoms with van der Waals surface area (Å²) >= 11 is 3.60. The van der Waals surface area contributed by atoms with Gasteiger partial charge in [0.2, 0.25) is 0 Å². The Kier molecular flexibility index (Phi) is 5.73. The molecule has 1 unspecified atom stereocenters. The van der Waals surface area contributed by atoms with Crippen molar-refractivity contribution in [2.45, 2.75) is 31.1 Å². The Balaban J connectivity index is 2.17. The molecule has 0 bridgehead atoms. The number of aromatic hydroxyl groups is 1. The van der Waals surface area contributed by atoms with Crippen molar-refractivity contribution >= 4 is 15.9 Å². The highest BCUT2D eigenvalue weighted by Gasteiger charge is 1.99. The van der Waals surface area contributed by atoms with E-state index >= 15 is 0 Å². The van der Waals surface area contributed by atoms with E-state index in [0.717, 1.165) is 19.5 Å². The maximum atomic E-state index is 9.11. The van der Waals surface area contributed by atoms with E-state index in [1.165, 1.54) is 12.0 Å². The maximum absolute atomic E-state index is 9.11. The topological polar surface area (TPSA) is 32.3 Å². The van der Waals surface area contributed by atoms with Gasteiger partial charge in [0.25, 0.3) is 0 Å². The Labute approximate surface area is 99.8 Å². The average Bonchev–Trinajstić information content (AvgIpc) is 2.26. The summed E-state index contributed by atoms with van der Waals surface area (Å²) in [5.74, 6) is 0.324. The highest BCUT2D eigenvalue weighted by atomic mass is 79.9. The van der Waals surface area contributed by atoms with Gasteiger partial charge in [-0.2, -0.15) is 0 Å². The molecule has 2 N–H and O–H groups in total. The number of phenols is 1. The first kappa shape index (κ1) is 12.5. The fourth-order valence-corrected chi connectivity index (χ4v) is 1.54. The average molecular weight is 272 g/mol. The predicted molar refractivity (Wildman–Crippen MR) is 67.4 cm³/mol. The third-order valence-corrected chi connectivity index (χ3v) is 3.45. The Morgan fingerprint density at radius 2 is 2.00 bits per heavy atom. The fourth-order valence-electron chi connectivity index (χ4n) is 1.31. The Hall–Kier alpha value is -0.540. The van der Waals surface area contributed by atoms with E-state index in [1.807, 2.05) is 12.1 Å². The molecule has 1 aromatic carbocycles. The van der Waals surface area contributed by atoms with Crippen molar-refractivity contribution in [3.05, 3.63) is 29.8 Å². The van der Waals surface area contributed by atoms with Gasteiger partial charge in [0, 0.05) is 11.4 Å². The summed E-state index contributed by atoms with van der Waals surface area (Å²) in [6.07, 6.45) is 2.31. The molecule has 3 heteroatoms. The summed E-state index contributed by atoms with van der Waals surface area (Å²) in [5.41, 5.74) is 1.20. The zero-order chi connectivity index (χ0) is 11.1. The van der Waals surface area contributed by atoms with Gasteiger partial charge < -0.3 is 10.4 Å². The second-order valence-electron chi connectivity index (χ2n) is 3.64. The summed E-state index contributed by atoms with van der Waals surface area (Å²) in [7, 11) is 0. The van der Waals surface area contributed by atoms with Gasteiger partial charge in [0.1, 0.15) is 5.75 Å². The number of alkyl halides is 1. The lowest BCUT2D eigenvalue weighted by Crippen LogP contribution is -2.17. The minimum Gasteiger partial charge on any atom is -0.508 e. The molecule has 0 aliphatic carbocycles. The van der Waals surface area contributed by atoms with Gasteiger partial charge in [-0.25, -0.2) is 0 Å². The molecular formula is C12H18BrNO. The lowest BCUT2D eigenvalue weighted by atomic mass is 10.2. The molecule has 1 atom stereocenters. The molecule has 0 radical (unpaired) electrons. The SMILES string of the molecule is CCC(Br)CCNCc1ccc(O)cc1. The standard InChI is InChI=1S/C12H18BrNO/c1-2-11(13)7-8-14-9-10-3-5-12(15)6-4-10/h3-6,11,14-15H,2,7-9H2,1H3. The van der Waals surface area contributed by atoms with Crippen LogP contribution in [0.1, 0.15) is 25.3 Å². The van der Waals surface area contributed by atoms with E-state index in [4.69, 9.17) is 5.11 Å². The first-order chi connectivity index (χ1) is 7.22. The first-order valence-electron chi connectivity index (χ1n) is 5.35. The van der Waals surface area contributed by atoms with E-state index in [1.54, 1.807) is 12.1 Å². The van der Waals surface area contributed by atoms with Gasteiger partial charge in [-0.15, -0.1) is 0 Å². The van der Waals surface area contributed by atoms with Crippen LogP contribution in [0.5, 0.6) is 5.75 Å². The van der Waals surface area contributed by atoms with Crippen molar-refractivity contribution < 1.29 is 5.11 Å². The quantitative estimate of drug-likeness (QED) is 0.616. The second-order valence-corrected chi connectivity index (χ2v) is 4.93. The number of benzene rings is 1. The van der Waals surface area contributed by atoms with Crippen LogP contribution in [-0.4, -0.2) is 16.5 Å². The van der Waals surface area contributed by atoms with Crippen molar-refractivity contribution in [3.63, 3.8) is 0 Å². The van der Waals surface area contributed by atoms with Crippen molar-refractivity contribution in [3.8, 4) is 5.75 Å². The van der Waals surface area contributed by atoms with Crippen LogP contribution in [0.3, 0.4) is 0 Å². The molecule has 0 aromatic heterocycles. The number of halogens is 1. The molecule has 0 spiro atoms. The van der Waals surface area contributed by atoms with Gasteiger partial charge in [-0.3, -0.25) is 0 Å². The van der Waals surface area contributed by atoms with E-state index in [2.05, 4.69) is 28.2 Å². The highest BCUT2D eigenvalue weighted by molar-refractivity contribution is 9.09. The number of phenolic OH excluding ortho intramolecular Hbond substituents is 1. The molecule has 15 heavy (non-hydrogen) atoms. The summed E-state index contributed by atoms with van der Waals surface area (Å²) < 4.78 is 0. The number of hydrogen-bond acceptors (Lipinski definition) is 2. The van der Waals surface area contributed by atoms with Crippen molar-refractivity contribution in [1.29, 1.82) is 0 Å². The van der Waals surface area contributed by atoms with Crippen LogP contribution in [0.25, 0.3) is 0 Å². The molecule has 1 rings (SSSR count). The van der Waals surface area contributed by atoms with Gasteiger partial charge in [-0.1, -0.05) is 35.0 Å². The summed E-state index contributed by atoms with van der Waals surface area (Å²) in [6.45, 7) is 4.06. The van der Waals surface area contributed by atoms with Crippen LogP contribution in [0.2, 0.25) is 0 Å². The van der Waals surface area contributed by atoms with E-state index in [9.17, 15) is 0 Å². The number of nitrogens with one attached hydrogen (secondary N) is 1. The Morgan fingerprint density at radius 1 is 1.33 bits per heavy atom. The molecule has 1 aromatic rings. The van der Waals surface area contributed by atoms with E-state index in [0.29, 0.717) is 10.6 Å². The van der Waals surface area contributed by atoms with Crippen LogP contribution in [0.15, 0.2) is 24.3 Å². The predicted octanol–water partition coefficient (Wildman–Crippen LogP) is 3.05. The number of rotatable bonds is 6. The van der Waals surface area contributed by atoms with Gasteiger partial charge >= 0.3 is 0 Å². The minimum atomic E-state index is 0.324. The summed E-state index contributed by atoms with van der Waals surface area (Å²) in [5, 5.41) is 12.5. The van der Waals surface area contributed by atoms with E-state index < -0.39 is 0 Å². The van der Waals surface area contributed by atoms with Crippen molar-refractivity contribution in [2.75, 3.05) is 6.54 Å². The monoisotopic (exact) mass is 271 g/mol. The lowest BCUT2D eigenvalue weighted by molar-refractivity contribution is 0.475. The third kappa shape index (κ3) is 5.19. The lowest BCUT2D eigenvalue weighted by Gasteiger charge is -2.08. The normalized spacial score (nSPS) is 12.7. The van der Waals surface area contributed by atoms with Gasteiger partial charge in [0.05, 0.1) is 0 Å². The molecule has 84 valence electrons. The number of hydrogen-bond donors (Lipinski definition) is 2. The molecule has 0 heterocycles. The van der Waals surface area contributed by atoms with E-state index in [-0.39, 0.29) is 0 Å². The second kappa shape index (κ2) is 6.85. The Bertz CT molecular complexity index is 273. The van der Waals surface area contributed by atoms with Crippen molar-refractivity contribution in [2.24, 2.45) is 0 Å². The first-order valence-corrected chi connectivity index (χ1v) is 6.26. The summed E-state index contributed by atoms with van der Waals surface area (Å²) in [6, 6.07) is 7.31. The summed E-state index contributed by atoms with van der Waals surface area (Å²) in [4.78, 5) is 0.616. The molecule has 0 amide bonds. The van der Waals surface area contributed by atoms with Crippen LogP contribution in [-0.2, 0) is 6.54 Å². The Morgan fingerprint density at radius 3 is 2.60 bits per heavy atom. The smallest absolute Gasteiger partial charge is 0.115 e. The fraction of sp³-hybridized carbons (Fsp3) is 0.500. The largest absolute Gasteiger partial charge is 0.508 e. The zero-order valence-corrected chi connectivity index (χ0v) is 10.6. The van der Waals surface area contributed by atoms with Crippen LogP contribution in [0, 0.1) is 0 Å². The molecule has 0 aliphatic heterocycles. The van der Waals surface area contributed by atoms with Gasteiger partial charge in [-0.05, 0) is 37.1 Å². The maximum Gasteiger partial charge on any atom is 0.115 e. The van der Waals surface area contributed by atoms with Crippen molar-refractivity contribution in [1.82, 2.24) is 5.32 Å². The zero-order valence-electron chi connectivity index (χ0n) is 9.04. The van der Waals surface area contributed by atoms with Gasteiger partial charge in [0.15, 0.2) is 0 Å². The molecular weight excluding hydrogens is 254 g/mol. The molecule has 2 nitrogen and oxygen atoms in total. The minimum absolute atomic E-state index is 0.324. The van der Waals surface area contributed by atoms with Crippen LogP contribution < -0.4 is 5.32 Å².